The summed E-state index contributed by atoms with van der Waals surface area (Å²) in [5.74, 6) is -0.0868. The minimum absolute atomic E-state index is 0.0233. The molecule has 2 atom stereocenters. The van der Waals surface area contributed by atoms with E-state index in [0.717, 1.165) is 12.8 Å². The zero-order chi connectivity index (χ0) is 14.7. The number of hydrogen-bond donors (Lipinski definition) is 0. The molecule has 4 amide bonds. The van der Waals surface area contributed by atoms with Crippen molar-refractivity contribution < 1.29 is 14.4 Å². The van der Waals surface area contributed by atoms with Crippen molar-refractivity contribution in [3.05, 3.63) is 0 Å². The van der Waals surface area contributed by atoms with Crippen LogP contribution in [0, 0.1) is 0 Å². The van der Waals surface area contributed by atoms with Crippen LogP contribution in [0.4, 0.5) is 4.79 Å². The third-order valence-corrected chi connectivity index (χ3v) is 4.51. The van der Waals surface area contributed by atoms with Gasteiger partial charge >= 0.3 is 6.03 Å². The van der Waals surface area contributed by atoms with Crippen molar-refractivity contribution in [2.45, 2.75) is 57.7 Å². The Hall–Kier alpha value is -1.59. The molecule has 0 bridgehead atoms. The molecule has 0 radical (unpaired) electrons. The van der Waals surface area contributed by atoms with Crippen LogP contribution in [-0.4, -0.2) is 63.3 Å². The minimum Gasteiger partial charge on any atom is -0.336 e. The number of carbonyl (C=O) groups excluding carboxylic acids is 3. The predicted molar refractivity (Wildman–Crippen MR) is 71.8 cm³/mol. The smallest absolute Gasteiger partial charge is 0.327 e. The van der Waals surface area contributed by atoms with Crippen LogP contribution in [0.15, 0.2) is 0 Å². The van der Waals surface area contributed by atoms with Gasteiger partial charge in [-0.3, -0.25) is 14.5 Å². The number of carbonyl (C=O) groups is 3. The Balaban J connectivity index is 1.80. The van der Waals surface area contributed by atoms with E-state index in [0.29, 0.717) is 13.1 Å². The summed E-state index contributed by atoms with van der Waals surface area (Å²) in [5, 5.41) is 0. The second-order valence-electron chi connectivity index (χ2n) is 6.88. The molecule has 0 spiro atoms. The summed E-state index contributed by atoms with van der Waals surface area (Å²) in [5.41, 5.74) is -0.270. The van der Waals surface area contributed by atoms with Crippen LogP contribution in [0.3, 0.4) is 0 Å². The summed E-state index contributed by atoms with van der Waals surface area (Å²) in [4.78, 5) is 41.6. The molecule has 0 unspecified atom stereocenters. The number of amides is 4. The van der Waals surface area contributed by atoms with Crippen LogP contribution >= 0.6 is 0 Å². The highest BCUT2D eigenvalue weighted by molar-refractivity contribution is 6.05. The predicted octanol–water partition coefficient (Wildman–Crippen LogP) is 0.812. The Kier molecular flexibility index (Phi) is 2.81. The molecule has 6 heteroatoms. The van der Waals surface area contributed by atoms with Gasteiger partial charge in [-0.25, -0.2) is 4.79 Å². The van der Waals surface area contributed by atoms with Crippen molar-refractivity contribution in [3.63, 3.8) is 0 Å². The van der Waals surface area contributed by atoms with E-state index in [1.165, 1.54) is 4.90 Å². The molecular weight excluding hydrogens is 258 g/mol. The van der Waals surface area contributed by atoms with Crippen molar-refractivity contribution in [2.24, 2.45) is 0 Å². The second-order valence-corrected chi connectivity index (χ2v) is 6.88. The van der Waals surface area contributed by atoms with Crippen LogP contribution in [-0.2, 0) is 9.59 Å². The van der Waals surface area contributed by atoms with Crippen LogP contribution in [0.1, 0.15) is 40.0 Å². The highest BCUT2D eigenvalue weighted by Gasteiger charge is 2.52. The number of hydrogen-bond acceptors (Lipinski definition) is 3. The SMILES string of the molecule is CC(C)(C)N1C[C@H](N2C(=O)[C@H]3CCCN3C2=O)CC1=O. The fourth-order valence-electron chi connectivity index (χ4n) is 3.49. The molecular formula is C14H21N3O3. The number of nitrogens with zero attached hydrogens (tertiary/aromatic N) is 3. The molecule has 20 heavy (non-hydrogen) atoms. The maximum Gasteiger partial charge on any atom is 0.327 e. The van der Waals surface area contributed by atoms with E-state index in [-0.39, 0.29) is 41.9 Å². The molecule has 0 aliphatic carbocycles. The van der Waals surface area contributed by atoms with Gasteiger partial charge in [-0.05, 0) is 33.6 Å². The second kappa shape index (κ2) is 4.20. The van der Waals surface area contributed by atoms with Gasteiger partial charge in [0.1, 0.15) is 6.04 Å². The Morgan fingerprint density at radius 3 is 2.40 bits per heavy atom. The van der Waals surface area contributed by atoms with Gasteiger partial charge < -0.3 is 9.80 Å². The average Bonchev–Trinajstić information content (AvgIpc) is 2.98. The Morgan fingerprint density at radius 1 is 1.15 bits per heavy atom. The van der Waals surface area contributed by atoms with Gasteiger partial charge in [-0.15, -0.1) is 0 Å². The molecule has 0 aromatic heterocycles. The zero-order valence-electron chi connectivity index (χ0n) is 12.3. The molecule has 3 aliphatic rings. The topological polar surface area (TPSA) is 60.9 Å². The Morgan fingerprint density at radius 2 is 1.85 bits per heavy atom. The van der Waals surface area contributed by atoms with E-state index in [4.69, 9.17) is 0 Å². The van der Waals surface area contributed by atoms with Gasteiger partial charge in [-0.1, -0.05) is 0 Å². The van der Waals surface area contributed by atoms with Crippen molar-refractivity contribution in [3.8, 4) is 0 Å². The van der Waals surface area contributed by atoms with Crippen molar-refractivity contribution in [1.82, 2.24) is 14.7 Å². The number of likely N-dealkylation sites (tertiary alicyclic amines) is 1. The summed E-state index contributed by atoms with van der Waals surface area (Å²) in [6.45, 7) is 7.03. The summed E-state index contributed by atoms with van der Waals surface area (Å²) >= 11 is 0. The third kappa shape index (κ3) is 1.81. The van der Waals surface area contributed by atoms with Gasteiger partial charge in [0, 0.05) is 25.0 Å². The molecule has 6 nitrogen and oxygen atoms in total. The lowest BCUT2D eigenvalue weighted by Crippen LogP contribution is -2.46. The molecule has 3 fully saturated rings. The van der Waals surface area contributed by atoms with Crippen LogP contribution < -0.4 is 0 Å². The van der Waals surface area contributed by atoms with Crippen LogP contribution in [0.5, 0.6) is 0 Å². The Labute approximate surface area is 118 Å². The quantitative estimate of drug-likeness (QED) is 0.667. The lowest BCUT2D eigenvalue weighted by molar-refractivity contribution is -0.131. The molecule has 3 heterocycles. The molecule has 0 aromatic carbocycles. The van der Waals surface area contributed by atoms with Gasteiger partial charge in [-0.2, -0.15) is 0 Å². The summed E-state index contributed by atoms with van der Waals surface area (Å²) in [6, 6.07) is -0.778. The molecule has 3 saturated heterocycles. The Bertz CT molecular complexity index is 461. The van der Waals surface area contributed by atoms with E-state index < -0.39 is 0 Å². The molecule has 110 valence electrons. The number of rotatable bonds is 1. The fourth-order valence-corrected chi connectivity index (χ4v) is 3.49. The summed E-state index contributed by atoms with van der Waals surface area (Å²) in [6.07, 6.45) is 1.91. The van der Waals surface area contributed by atoms with Gasteiger partial charge in [0.05, 0.1) is 6.04 Å². The zero-order valence-corrected chi connectivity index (χ0v) is 12.3. The standard InChI is InChI=1S/C14H21N3O3/c1-14(2,3)16-8-9(7-11(16)18)17-12(19)10-5-4-6-15(10)13(17)20/h9-10H,4-8H2,1-3H3/t9-,10-/m1/s1. The summed E-state index contributed by atoms with van der Waals surface area (Å²) in [7, 11) is 0. The van der Waals surface area contributed by atoms with Gasteiger partial charge in [0.25, 0.3) is 5.91 Å². The molecule has 0 N–H and O–H groups in total. The monoisotopic (exact) mass is 279 g/mol. The minimum atomic E-state index is -0.299. The average molecular weight is 279 g/mol. The molecule has 0 aromatic rings. The first-order valence-electron chi connectivity index (χ1n) is 7.25. The fraction of sp³-hybridized carbons (Fsp3) is 0.786. The normalized spacial score (nSPS) is 30.8. The van der Waals surface area contributed by atoms with Gasteiger partial charge in [0.2, 0.25) is 5.91 Å². The number of imide groups is 1. The van der Waals surface area contributed by atoms with Gasteiger partial charge in [0.15, 0.2) is 0 Å². The lowest BCUT2D eigenvalue weighted by Gasteiger charge is -2.32. The van der Waals surface area contributed by atoms with Crippen LogP contribution in [0.2, 0.25) is 0 Å². The maximum absolute atomic E-state index is 12.4. The van der Waals surface area contributed by atoms with E-state index in [2.05, 4.69) is 0 Å². The van der Waals surface area contributed by atoms with E-state index in [1.807, 2.05) is 20.8 Å². The first kappa shape index (κ1) is 13.4. The van der Waals surface area contributed by atoms with Crippen LogP contribution in [0.25, 0.3) is 0 Å². The first-order valence-corrected chi connectivity index (χ1v) is 7.25. The maximum atomic E-state index is 12.4. The molecule has 3 aliphatic heterocycles. The van der Waals surface area contributed by atoms with E-state index in [1.54, 1.807) is 9.80 Å². The van der Waals surface area contributed by atoms with Crippen molar-refractivity contribution in [2.75, 3.05) is 13.1 Å². The third-order valence-electron chi connectivity index (χ3n) is 4.51. The lowest BCUT2D eigenvalue weighted by atomic mass is 10.1. The van der Waals surface area contributed by atoms with Crippen molar-refractivity contribution >= 4 is 17.8 Å². The summed E-state index contributed by atoms with van der Waals surface area (Å²) < 4.78 is 0. The highest BCUT2D eigenvalue weighted by atomic mass is 16.2. The number of fused-ring (bicyclic) bond motifs is 1. The first-order chi connectivity index (χ1) is 9.30. The van der Waals surface area contributed by atoms with Crippen molar-refractivity contribution in [1.29, 1.82) is 0 Å². The molecule has 0 saturated carbocycles. The largest absolute Gasteiger partial charge is 0.336 e. The molecule has 3 rings (SSSR count). The number of urea groups is 1. The van der Waals surface area contributed by atoms with E-state index in [9.17, 15) is 14.4 Å². The highest BCUT2D eigenvalue weighted by Crippen LogP contribution is 2.33. The van der Waals surface area contributed by atoms with E-state index >= 15 is 0 Å².